The third-order valence-corrected chi connectivity index (χ3v) is 3.41. The molecule has 0 aromatic carbocycles. The van der Waals surface area contributed by atoms with Gasteiger partial charge in [0.15, 0.2) is 0 Å². The summed E-state index contributed by atoms with van der Waals surface area (Å²) >= 11 is 0. The quantitative estimate of drug-likeness (QED) is 0.844. The zero-order chi connectivity index (χ0) is 13.0. The molecule has 5 heteroatoms. The van der Waals surface area contributed by atoms with Crippen LogP contribution in [-0.2, 0) is 11.3 Å². The van der Waals surface area contributed by atoms with Gasteiger partial charge >= 0.3 is 0 Å². The molecule has 18 heavy (non-hydrogen) atoms. The lowest BCUT2D eigenvalue weighted by Crippen LogP contribution is -2.23. The Labute approximate surface area is 109 Å². The number of hydrogen-bond acceptors (Lipinski definition) is 5. The van der Waals surface area contributed by atoms with Crippen molar-refractivity contribution in [2.75, 3.05) is 38.8 Å². The fraction of sp³-hybridized carbons (Fsp3) is 0.692. The van der Waals surface area contributed by atoms with Gasteiger partial charge in [0, 0.05) is 50.1 Å². The lowest BCUT2D eigenvalue weighted by molar-refractivity contribution is 0.161. The van der Waals surface area contributed by atoms with Gasteiger partial charge in [-0.2, -0.15) is 0 Å². The van der Waals surface area contributed by atoms with Gasteiger partial charge in [0.1, 0.15) is 0 Å². The van der Waals surface area contributed by atoms with E-state index in [9.17, 15) is 0 Å². The molecule has 0 amide bonds. The minimum absolute atomic E-state index is 0.607. The molecule has 2 rings (SSSR count). The Kier molecular flexibility index (Phi) is 4.49. The van der Waals surface area contributed by atoms with Crippen LogP contribution >= 0.6 is 0 Å². The average molecular weight is 250 g/mol. The van der Waals surface area contributed by atoms with Gasteiger partial charge in [-0.05, 0) is 20.4 Å². The molecule has 1 aliphatic rings. The van der Waals surface area contributed by atoms with E-state index >= 15 is 0 Å². The van der Waals surface area contributed by atoms with E-state index in [2.05, 4.69) is 20.2 Å². The van der Waals surface area contributed by atoms with Crippen molar-refractivity contribution in [2.24, 2.45) is 5.92 Å². The monoisotopic (exact) mass is 250 g/mol. The molecule has 0 radical (unpaired) electrons. The predicted molar refractivity (Wildman–Crippen MR) is 71.7 cm³/mol. The standard InChI is InChI=1S/C13H22N4O/c1-10-12(6-14-2)7-15-13(16-10)17-5-4-11(8-17)9-18-3/h7,11,14H,4-6,8-9H2,1-3H3. The number of nitrogens with one attached hydrogen (secondary N) is 1. The maximum absolute atomic E-state index is 5.21. The van der Waals surface area contributed by atoms with E-state index in [1.54, 1.807) is 7.11 Å². The highest BCUT2D eigenvalue weighted by Crippen LogP contribution is 2.21. The minimum atomic E-state index is 0.607. The van der Waals surface area contributed by atoms with Crippen molar-refractivity contribution in [3.05, 3.63) is 17.5 Å². The second-order valence-corrected chi connectivity index (χ2v) is 4.87. The third-order valence-electron chi connectivity index (χ3n) is 3.41. The Balaban J connectivity index is 2.04. The average Bonchev–Trinajstić information content (AvgIpc) is 2.81. The van der Waals surface area contributed by atoms with E-state index in [4.69, 9.17) is 4.74 Å². The zero-order valence-corrected chi connectivity index (χ0v) is 11.4. The fourth-order valence-corrected chi connectivity index (χ4v) is 2.38. The summed E-state index contributed by atoms with van der Waals surface area (Å²) in [6.07, 6.45) is 3.09. The molecule has 1 aliphatic heterocycles. The Hall–Kier alpha value is -1.20. The summed E-state index contributed by atoms with van der Waals surface area (Å²) in [6, 6.07) is 0. The first-order valence-corrected chi connectivity index (χ1v) is 6.45. The number of hydrogen-bond donors (Lipinski definition) is 1. The molecule has 1 aromatic rings. The first kappa shape index (κ1) is 13.2. The largest absolute Gasteiger partial charge is 0.384 e. The van der Waals surface area contributed by atoms with Crippen LogP contribution in [0.1, 0.15) is 17.7 Å². The van der Waals surface area contributed by atoms with Crippen molar-refractivity contribution >= 4 is 5.95 Å². The summed E-state index contributed by atoms with van der Waals surface area (Å²) in [5.41, 5.74) is 2.22. The third kappa shape index (κ3) is 2.97. The van der Waals surface area contributed by atoms with Gasteiger partial charge in [0.05, 0.1) is 6.61 Å². The van der Waals surface area contributed by atoms with Gasteiger partial charge in [0.2, 0.25) is 5.95 Å². The molecule has 5 nitrogen and oxygen atoms in total. The normalized spacial score (nSPS) is 19.5. The summed E-state index contributed by atoms with van der Waals surface area (Å²) < 4.78 is 5.21. The van der Waals surface area contributed by atoms with Crippen molar-refractivity contribution < 1.29 is 4.74 Å². The highest BCUT2D eigenvalue weighted by atomic mass is 16.5. The predicted octanol–water partition coefficient (Wildman–Crippen LogP) is 0.977. The van der Waals surface area contributed by atoms with Crippen LogP contribution in [0.3, 0.4) is 0 Å². The number of aromatic nitrogens is 2. The van der Waals surface area contributed by atoms with Crippen LogP contribution < -0.4 is 10.2 Å². The molecular formula is C13H22N4O. The number of nitrogens with zero attached hydrogens (tertiary/aromatic N) is 3. The molecule has 1 saturated heterocycles. The maximum atomic E-state index is 5.21. The first-order chi connectivity index (χ1) is 8.74. The van der Waals surface area contributed by atoms with E-state index in [1.165, 1.54) is 0 Å². The summed E-state index contributed by atoms with van der Waals surface area (Å²) in [6.45, 7) is 5.71. The number of rotatable bonds is 5. The van der Waals surface area contributed by atoms with Crippen LogP contribution in [0.5, 0.6) is 0 Å². The van der Waals surface area contributed by atoms with Crippen LogP contribution in [0.4, 0.5) is 5.95 Å². The van der Waals surface area contributed by atoms with Crippen LogP contribution in [-0.4, -0.2) is 43.8 Å². The first-order valence-electron chi connectivity index (χ1n) is 6.45. The molecule has 100 valence electrons. The molecule has 1 N–H and O–H groups in total. The van der Waals surface area contributed by atoms with Crippen molar-refractivity contribution in [1.29, 1.82) is 0 Å². The molecule has 1 atom stereocenters. The van der Waals surface area contributed by atoms with Gasteiger partial charge < -0.3 is 15.0 Å². The van der Waals surface area contributed by atoms with Gasteiger partial charge in [-0.1, -0.05) is 0 Å². The highest BCUT2D eigenvalue weighted by molar-refractivity contribution is 5.34. The second-order valence-electron chi connectivity index (χ2n) is 4.87. The van der Waals surface area contributed by atoms with E-state index in [1.807, 2.05) is 20.2 Å². The SMILES string of the molecule is CNCc1cnc(N2CCC(COC)C2)nc1C. The van der Waals surface area contributed by atoms with Crippen LogP contribution in [0.2, 0.25) is 0 Å². The summed E-state index contributed by atoms with van der Waals surface area (Å²) in [4.78, 5) is 11.3. The van der Waals surface area contributed by atoms with Gasteiger partial charge in [-0.15, -0.1) is 0 Å². The topological polar surface area (TPSA) is 50.3 Å². The summed E-state index contributed by atoms with van der Waals surface area (Å²) in [5.74, 6) is 1.46. The van der Waals surface area contributed by atoms with Crippen molar-refractivity contribution in [1.82, 2.24) is 15.3 Å². The van der Waals surface area contributed by atoms with Crippen LogP contribution in [0.15, 0.2) is 6.20 Å². The van der Waals surface area contributed by atoms with E-state index in [0.717, 1.165) is 49.9 Å². The Morgan fingerprint density at radius 2 is 2.39 bits per heavy atom. The molecule has 0 bridgehead atoms. The fourth-order valence-electron chi connectivity index (χ4n) is 2.38. The minimum Gasteiger partial charge on any atom is -0.384 e. The smallest absolute Gasteiger partial charge is 0.225 e. The van der Waals surface area contributed by atoms with Crippen LogP contribution in [0, 0.1) is 12.8 Å². The molecule has 0 saturated carbocycles. The zero-order valence-electron chi connectivity index (χ0n) is 11.4. The number of aryl methyl sites for hydroxylation is 1. The molecule has 1 fully saturated rings. The van der Waals surface area contributed by atoms with Crippen molar-refractivity contribution in [3.63, 3.8) is 0 Å². The molecule has 2 heterocycles. The van der Waals surface area contributed by atoms with Gasteiger partial charge in [0.25, 0.3) is 0 Å². The summed E-state index contributed by atoms with van der Waals surface area (Å²) in [7, 11) is 3.69. The van der Waals surface area contributed by atoms with E-state index < -0.39 is 0 Å². The summed E-state index contributed by atoms with van der Waals surface area (Å²) in [5, 5.41) is 3.13. The molecule has 1 aromatic heterocycles. The second kappa shape index (κ2) is 6.11. The molecule has 0 aliphatic carbocycles. The molecule has 0 spiro atoms. The van der Waals surface area contributed by atoms with Gasteiger partial charge in [-0.25, -0.2) is 9.97 Å². The highest BCUT2D eigenvalue weighted by Gasteiger charge is 2.24. The van der Waals surface area contributed by atoms with Gasteiger partial charge in [-0.3, -0.25) is 0 Å². The lowest BCUT2D eigenvalue weighted by atomic mass is 10.1. The Morgan fingerprint density at radius 3 is 3.06 bits per heavy atom. The number of methoxy groups -OCH3 is 1. The lowest BCUT2D eigenvalue weighted by Gasteiger charge is -2.17. The van der Waals surface area contributed by atoms with E-state index in [-0.39, 0.29) is 0 Å². The molecule has 1 unspecified atom stereocenters. The maximum Gasteiger partial charge on any atom is 0.225 e. The number of ether oxygens (including phenoxy) is 1. The number of anilines is 1. The van der Waals surface area contributed by atoms with Crippen molar-refractivity contribution in [3.8, 4) is 0 Å². The molecular weight excluding hydrogens is 228 g/mol. The van der Waals surface area contributed by atoms with E-state index in [0.29, 0.717) is 5.92 Å². The Morgan fingerprint density at radius 1 is 1.56 bits per heavy atom. The van der Waals surface area contributed by atoms with Crippen LogP contribution in [0.25, 0.3) is 0 Å². The Bertz CT molecular complexity index is 397. The van der Waals surface area contributed by atoms with Crippen molar-refractivity contribution in [2.45, 2.75) is 19.9 Å².